The van der Waals surface area contributed by atoms with E-state index in [0.717, 1.165) is 18.4 Å². The Morgan fingerprint density at radius 3 is 1.10 bits per heavy atom. The zero-order valence-electron chi connectivity index (χ0n) is 36.1. The van der Waals surface area contributed by atoms with Gasteiger partial charge in [-0.3, -0.25) is 9.44 Å². The van der Waals surface area contributed by atoms with Crippen LogP contribution >= 0.6 is 0 Å². The highest BCUT2D eigenvalue weighted by Gasteiger charge is 2.38. The fourth-order valence-electron chi connectivity index (χ4n) is 5.90. The molecule has 6 rings (SSSR count). The first-order chi connectivity index (χ1) is 32.5. The maximum atomic E-state index is 13.0. The van der Waals surface area contributed by atoms with Crippen molar-refractivity contribution in [2.75, 3.05) is 35.9 Å². The van der Waals surface area contributed by atoms with Crippen LogP contribution in [-0.2, 0) is 38.8 Å². The molecular weight excluding hydrogens is 963 g/mol. The van der Waals surface area contributed by atoms with Crippen molar-refractivity contribution in [1.82, 2.24) is 0 Å². The maximum Gasteiger partial charge on any atom is 0.416 e. The van der Waals surface area contributed by atoms with Crippen LogP contribution in [0.25, 0.3) is 0 Å². The molecular formula is C47H42F6N2O12S2. The van der Waals surface area contributed by atoms with Gasteiger partial charge in [-0.1, -0.05) is 25.5 Å². The summed E-state index contributed by atoms with van der Waals surface area (Å²) in [5.74, 6) is -0.280. The van der Waals surface area contributed by atoms with Gasteiger partial charge in [-0.05, 0) is 139 Å². The average Bonchev–Trinajstić information content (AvgIpc) is 3.30. The van der Waals surface area contributed by atoms with Gasteiger partial charge in [0.05, 0.1) is 32.0 Å². The van der Waals surface area contributed by atoms with Gasteiger partial charge in [-0.25, -0.2) is 26.4 Å². The number of halogens is 6. The fourth-order valence-corrected chi connectivity index (χ4v) is 8.08. The molecule has 0 bridgehead atoms. The van der Waals surface area contributed by atoms with Crippen LogP contribution in [0.5, 0.6) is 23.0 Å². The van der Waals surface area contributed by atoms with Gasteiger partial charge in [0.15, 0.2) is 0 Å². The van der Waals surface area contributed by atoms with E-state index in [9.17, 15) is 52.8 Å². The van der Waals surface area contributed by atoms with Crippen molar-refractivity contribution in [3.05, 3.63) is 167 Å². The lowest BCUT2D eigenvalue weighted by molar-refractivity contribution is -0.143. The van der Waals surface area contributed by atoms with Crippen LogP contribution in [0.2, 0.25) is 0 Å². The van der Waals surface area contributed by atoms with E-state index < -0.39 is 60.4 Å². The number of carboxylic acids is 2. The molecule has 0 saturated carbocycles. The van der Waals surface area contributed by atoms with E-state index in [1.54, 1.807) is 48.5 Å². The molecule has 0 aliphatic carbocycles. The molecule has 0 fully saturated rings. The maximum absolute atomic E-state index is 13.0. The Kier molecular flexibility index (Phi) is 17.5. The monoisotopic (exact) mass is 1000 g/mol. The molecule has 0 spiro atoms. The molecule has 366 valence electrons. The molecule has 0 radical (unpaired) electrons. The minimum Gasteiger partial charge on any atom is -0.490 e. The quantitative estimate of drug-likeness (QED) is 0.0417. The first-order valence-electron chi connectivity index (χ1n) is 20.3. The summed E-state index contributed by atoms with van der Waals surface area (Å²) >= 11 is 0. The third-order valence-electron chi connectivity index (χ3n) is 9.30. The van der Waals surface area contributed by atoms with Gasteiger partial charge in [-0.15, -0.1) is 0 Å². The number of sulfonamides is 2. The Morgan fingerprint density at radius 1 is 0.478 bits per heavy atom. The van der Waals surface area contributed by atoms with E-state index in [2.05, 4.69) is 11.6 Å². The lowest BCUT2D eigenvalue weighted by Crippen LogP contribution is -2.17. The van der Waals surface area contributed by atoms with Crippen LogP contribution in [0.15, 0.2) is 149 Å². The number of ether oxygens (including phenoxy) is 4. The van der Waals surface area contributed by atoms with Gasteiger partial charge >= 0.3 is 24.3 Å². The molecule has 0 unspecified atom stereocenters. The Hall–Kier alpha value is -7.46. The van der Waals surface area contributed by atoms with Crippen LogP contribution < -0.4 is 28.4 Å². The minimum atomic E-state index is -5.20. The van der Waals surface area contributed by atoms with Crippen molar-refractivity contribution >= 4 is 43.4 Å². The summed E-state index contributed by atoms with van der Waals surface area (Å²) in [6.07, 6.45) is -8.48. The number of alkyl halides is 6. The lowest BCUT2D eigenvalue weighted by atomic mass is 10.1. The van der Waals surface area contributed by atoms with Gasteiger partial charge < -0.3 is 29.2 Å². The summed E-state index contributed by atoms with van der Waals surface area (Å²) in [5, 5.41) is 17.7. The van der Waals surface area contributed by atoms with E-state index in [0.29, 0.717) is 22.9 Å². The fraction of sp³-hybridized carbons (Fsp3) is 0.191. The van der Waals surface area contributed by atoms with Gasteiger partial charge in [0.1, 0.15) is 49.4 Å². The molecule has 0 aliphatic rings. The Balaban J connectivity index is 0.000000260. The number of aryl methyl sites for hydroxylation is 1. The summed E-state index contributed by atoms with van der Waals surface area (Å²) in [7, 11) is -8.46. The molecule has 0 atom stereocenters. The van der Waals surface area contributed by atoms with Gasteiger partial charge in [0.2, 0.25) is 0 Å². The number of carboxylic acid groups (broad SMARTS) is 2. The second-order valence-corrected chi connectivity index (χ2v) is 17.8. The predicted octanol–water partition coefficient (Wildman–Crippen LogP) is 10.3. The SMILES string of the molecule is CCCc1ccc(S(=O)(=O)Nc2ccc(OCCOc3ccc(C(=O)O)cc3)cc2)cc1.O=C(O)c1ccc(OCCOc2ccc(NS(=O)(=O)c3cc(C(F)(F)F)cc(C(F)(F)F)c3)cc2)cc1. The zero-order chi connectivity index (χ0) is 50.4. The Bertz CT molecular complexity index is 2850. The third-order valence-corrected chi connectivity index (χ3v) is 12.1. The first-order valence-corrected chi connectivity index (χ1v) is 23.3. The number of rotatable bonds is 20. The van der Waals surface area contributed by atoms with Crippen molar-refractivity contribution in [1.29, 1.82) is 0 Å². The Morgan fingerprint density at radius 2 is 0.797 bits per heavy atom. The highest BCUT2D eigenvalue weighted by molar-refractivity contribution is 7.93. The third kappa shape index (κ3) is 16.1. The highest BCUT2D eigenvalue weighted by Crippen LogP contribution is 2.37. The van der Waals surface area contributed by atoms with Crippen LogP contribution in [0.1, 0.15) is 50.8 Å². The first kappa shape index (κ1) is 52.5. The van der Waals surface area contributed by atoms with Crippen molar-refractivity contribution in [3.8, 4) is 23.0 Å². The molecule has 22 heteroatoms. The molecule has 0 heterocycles. The predicted molar refractivity (Wildman–Crippen MR) is 240 cm³/mol. The molecule has 0 amide bonds. The number of anilines is 2. The van der Waals surface area contributed by atoms with Crippen molar-refractivity contribution in [3.63, 3.8) is 0 Å². The van der Waals surface area contributed by atoms with Crippen molar-refractivity contribution in [2.45, 2.75) is 41.9 Å². The van der Waals surface area contributed by atoms with E-state index in [4.69, 9.17) is 29.2 Å². The molecule has 69 heavy (non-hydrogen) atoms. The van der Waals surface area contributed by atoms with E-state index in [1.807, 2.05) is 16.9 Å². The molecule has 0 aromatic heterocycles. The summed E-state index contributed by atoms with van der Waals surface area (Å²) < 4.78 is 155. The number of benzene rings is 6. The normalized spacial score (nSPS) is 11.6. The smallest absolute Gasteiger partial charge is 0.416 e. The summed E-state index contributed by atoms with van der Waals surface area (Å²) in [6, 6.07) is 30.4. The van der Waals surface area contributed by atoms with Crippen LogP contribution in [0.3, 0.4) is 0 Å². The zero-order valence-corrected chi connectivity index (χ0v) is 37.7. The molecule has 6 aromatic carbocycles. The number of hydrogen-bond donors (Lipinski definition) is 4. The van der Waals surface area contributed by atoms with Crippen LogP contribution in [0.4, 0.5) is 37.7 Å². The summed E-state index contributed by atoms with van der Waals surface area (Å²) in [6.45, 7) is 2.76. The largest absolute Gasteiger partial charge is 0.490 e. The van der Waals surface area contributed by atoms with Crippen molar-refractivity contribution < 1.29 is 81.9 Å². The number of hydrogen-bond acceptors (Lipinski definition) is 10. The van der Waals surface area contributed by atoms with Gasteiger partial charge in [0.25, 0.3) is 20.0 Å². The van der Waals surface area contributed by atoms with E-state index >= 15 is 0 Å². The summed E-state index contributed by atoms with van der Waals surface area (Å²) in [4.78, 5) is 20.7. The van der Waals surface area contributed by atoms with Gasteiger partial charge in [-0.2, -0.15) is 26.3 Å². The molecule has 6 aromatic rings. The molecule has 14 nitrogen and oxygen atoms in total. The summed E-state index contributed by atoms with van der Waals surface area (Å²) in [5.41, 5.74) is -1.82. The van der Waals surface area contributed by atoms with Crippen LogP contribution in [0, 0.1) is 0 Å². The Labute approximate surface area is 392 Å². The van der Waals surface area contributed by atoms with Gasteiger partial charge in [0, 0.05) is 11.4 Å². The molecule has 4 N–H and O–H groups in total. The average molecular weight is 1000 g/mol. The second kappa shape index (κ2) is 23.0. The number of aromatic carboxylic acids is 2. The number of nitrogens with one attached hydrogen (secondary N) is 2. The number of carbonyl (C=O) groups is 2. The standard InChI is InChI=1S/C24H25NO6S.C23H17F6NO6S/c1-2-3-18-4-14-23(15-5-18)32(28,29)25-20-8-12-22(13-9-20)31-17-16-30-21-10-6-19(7-11-21)24(26)27;24-22(25,26)15-11-16(23(27,28)29)13-20(12-15)37(33,34)30-17-3-7-19(8-4-17)36-10-9-35-18-5-1-14(2-6-18)21(31)32/h4-15,25H,2-3,16-17H2,1H3,(H,26,27);1-8,11-13,30H,9-10H2,(H,31,32). The topological polar surface area (TPSA) is 204 Å². The molecule has 0 aliphatic heterocycles. The van der Waals surface area contributed by atoms with Crippen LogP contribution in [-0.4, -0.2) is 65.4 Å². The highest BCUT2D eigenvalue weighted by atomic mass is 32.2. The van der Waals surface area contributed by atoms with Crippen molar-refractivity contribution in [2.24, 2.45) is 0 Å². The van der Waals surface area contributed by atoms with E-state index in [1.165, 1.54) is 60.7 Å². The van der Waals surface area contributed by atoms with E-state index in [-0.39, 0.29) is 72.1 Å². The second-order valence-electron chi connectivity index (χ2n) is 14.4. The minimum absolute atomic E-state index is 0.0518. The lowest BCUT2D eigenvalue weighted by Gasteiger charge is -2.15. The molecule has 0 saturated heterocycles.